The minimum Gasteiger partial charge on any atom is -0.437 e. The van der Waals surface area contributed by atoms with Crippen LogP contribution in [0.3, 0.4) is 0 Å². The average Bonchev–Trinajstić information content (AvgIpc) is 2.68. The Hall–Kier alpha value is -2.92. The zero-order chi connectivity index (χ0) is 19.8. The van der Waals surface area contributed by atoms with Crippen LogP contribution < -0.4 is 11.0 Å². The molecule has 0 bridgehead atoms. The largest absolute Gasteiger partial charge is 0.437 e. The van der Waals surface area contributed by atoms with Gasteiger partial charge in [0.05, 0.1) is 5.39 Å². The molecule has 0 radical (unpaired) electrons. The predicted octanol–water partition coefficient (Wildman–Crippen LogP) is 4.93. The van der Waals surface area contributed by atoms with Gasteiger partial charge in [-0.15, -0.1) is 0 Å². The van der Waals surface area contributed by atoms with Gasteiger partial charge in [-0.05, 0) is 37.1 Å². The molecule has 5 nitrogen and oxygen atoms in total. The maximum absolute atomic E-state index is 13.3. The second kappa shape index (κ2) is 7.24. The molecule has 0 saturated carbocycles. The third-order valence-electron chi connectivity index (χ3n) is 4.88. The highest BCUT2D eigenvalue weighted by Crippen LogP contribution is 2.24. The Kier molecular flexibility index (Phi) is 4.77. The molecule has 4 rings (SSSR count). The molecule has 0 amide bonds. The molecule has 2 heterocycles. The molecule has 0 saturated heterocycles. The summed E-state index contributed by atoms with van der Waals surface area (Å²) in [6.45, 7) is 4.50. The third kappa shape index (κ3) is 3.02. The summed E-state index contributed by atoms with van der Waals surface area (Å²) in [7, 11) is 0. The second-order valence-electron chi connectivity index (χ2n) is 6.81. The van der Waals surface area contributed by atoms with Crippen molar-refractivity contribution in [1.82, 2.24) is 9.55 Å². The van der Waals surface area contributed by atoms with Crippen molar-refractivity contribution in [2.45, 2.75) is 33.2 Å². The lowest BCUT2D eigenvalue weighted by molar-refractivity contribution is 0.598. The fraction of sp³-hybridized carbons (Fsp3) is 0.227. The van der Waals surface area contributed by atoms with Crippen molar-refractivity contribution < 1.29 is 4.42 Å². The summed E-state index contributed by atoms with van der Waals surface area (Å²) in [6.07, 6.45) is 1.72. The van der Waals surface area contributed by atoms with E-state index in [0.29, 0.717) is 23.0 Å². The van der Waals surface area contributed by atoms with Gasteiger partial charge in [-0.2, -0.15) is 4.98 Å². The van der Waals surface area contributed by atoms with Gasteiger partial charge < -0.3 is 4.42 Å². The lowest BCUT2D eigenvalue weighted by atomic mass is 10.1. The number of fused-ring (bicyclic) bond motifs is 2. The van der Waals surface area contributed by atoms with E-state index in [4.69, 9.17) is 16.0 Å². The maximum Gasteiger partial charge on any atom is 0.269 e. The monoisotopic (exact) mass is 394 g/mol. The van der Waals surface area contributed by atoms with Crippen molar-refractivity contribution in [2.24, 2.45) is 0 Å². The number of rotatable bonds is 4. The summed E-state index contributed by atoms with van der Waals surface area (Å²) >= 11 is 6.02. The number of unbranched alkanes of at least 4 members (excludes halogenated alkanes) is 1. The quantitative estimate of drug-likeness (QED) is 0.460. The van der Waals surface area contributed by atoms with Crippen LogP contribution >= 0.6 is 11.6 Å². The Morgan fingerprint density at radius 3 is 2.68 bits per heavy atom. The molecular formula is C22H19ClN2O3. The molecule has 6 heteroatoms. The molecular weight excluding hydrogens is 376 g/mol. The predicted molar refractivity (Wildman–Crippen MR) is 112 cm³/mol. The number of halogens is 1. The lowest BCUT2D eigenvalue weighted by Gasteiger charge is -2.14. The van der Waals surface area contributed by atoms with Crippen LogP contribution in [0.1, 0.15) is 25.3 Å². The number of aryl methyl sites for hydroxylation is 1. The summed E-state index contributed by atoms with van der Waals surface area (Å²) in [5.74, 6) is 0.514. The highest BCUT2D eigenvalue weighted by atomic mass is 35.5. The number of hydrogen-bond acceptors (Lipinski definition) is 4. The van der Waals surface area contributed by atoms with E-state index in [1.807, 2.05) is 31.2 Å². The Morgan fingerprint density at radius 1 is 1.14 bits per heavy atom. The van der Waals surface area contributed by atoms with Crippen LogP contribution in [-0.4, -0.2) is 9.55 Å². The maximum atomic E-state index is 13.3. The van der Waals surface area contributed by atoms with Crippen LogP contribution in [0.4, 0.5) is 0 Å². The van der Waals surface area contributed by atoms with Gasteiger partial charge in [0.25, 0.3) is 5.56 Å². The normalized spacial score (nSPS) is 11.4. The third-order valence-corrected chi connectivity index (χ3v) is 5.11. The summed E-state index contributed by atoms with van der Waals surface area (Å²) in [5.41, 5.74) is 1.46. The second-order valence-corrected chi connectivity index (χ2v) is 7.25. The van der Waals surface area contributed by atoms with Crippen molar-refractivity contribution in [3.8, 4) is 11.4 Å². The van der Waals surface area contributed by atoms with Crippen molar-refractivity contribution >= 4 is 33.7 Å². The molecule has 0 unspecified atom stereocenters. The topological polar surface area (TPSA) is 65.1 Å². The highest BCUT2D eigenvalue weighted by Gasteiger charge is 2.19. The molecule has 2 aromatic carbocycles. The molecule has 0 N–H and O–H groups in total. The summed E-state index contributed by atoms with van der Waals surface area (Å²) in [6, 6.07) is 12.5. The van der Waals surface area contributed by atoms with Crippen molar-refractivity contribution in [3.63, 3.8) is 0 Å². The van der Waals surface area contributed by atoms with Gasteiger partial charge in [-0.1, -0.05) is 49.2 Å². The number of nitrogens with zero attached hydrogens (tertiary/aromatic N) is 2. The molecule has 2 aromatic heterocycles. The molecule has 142 valence electrons. The van der Waals surface area contributed by atoms with E-state index in [9.17, 15) is 9.59 Å². The fourth-order valence-corrected chi connectivity index (χ4v) is 3.54. The molecule has 0 aliphatic heterocycles. The number of benzene rings is 2. The van der Waals surface area contributed by atoms with Crippen LogP contribution in [0.2, 0.25) is 5.02 Å². The molecule has 0 aliphatic carbocycles. The summed E-state index contributed by atoms with van der Waals surface area (Å²) in [4.78, 5) is 31.0. The van der Waals surface area contributed by atoms with Gasteiger partial charge in [-0.3, -0.25) is 14.2 Å². The Morgan fingerprint density at radius 2 is 1.93 bits per heavy atom. The van der Waals surface area contributed by atoms with Gasteiger partial charge in [0.15, 0.2) is 5.39 Å². The van der Waals surface area contributed by atoms with E-state index in [2.05, 4.69) is 11.9 Å². The molecule has 0 aliphatic rings. The first-order chi connectivity index (χ1) is 13.5. The number of hydrogen-bond donors (Lipinski definition) is 0. The first-order valence-electron chi connectivity index (χ1n) is 9.24. The highest BCUT2D eigenvalue weighted by molar-refractivity contribution is 6.31. The Bertz CT molecular complexity index is 1320. The van der Waals surface area contributed by atoms with E-state index in [1.165, 1.54) is 6.07 Å². The molecule has 0 spiro atoms. The molecule has 0 atom stereocenters. The van der Waals surface area contributed by atoms with Crippen molar-refractivity contribution in [1.29, 1.82) is 0 Å². The first-order valence-corrected chi connectivity index (χ1v) is 9.62. The van der Waals surface area contributed by atoms with Crippen molar-refractivity contribution in [2.75, 3.05) is 0 Å². The zero-order valence-corrected chi connectivity index (χ0v) is 16.4. The van der Waals surface area contributed by atoms with Crippen LogP contribution in [0, 0.1) is 6.92 Å². The van der Waals surface area contributed by atoms with E-state index < -0.39 is 5.43 Å². The summed E-state index contributed by atoms with van der Waals surface area (Å²) in [5, 5.41) is 0.655. The average molecular weight is 395 g/mol. The van der Waals surface area contributed by atoms with E-state index >= 15 is 0 Å². The van der Waals surface area contributed by atoms with Gasteiger partial charge in [-0.25, -0.2) is 0 Å². The summed E-state index contributed by atoms with van der Waals surface area (Å²) < 4.78 is 7.43. The number of aromatic nitrogens is 2. The zero-order valence-electron chi connectivity index (χ0n) is 15.7. The van der Waals surface area contributed by atoms with Gasteiger partial charge >= 0.3 is 0 Å². The van der Waals surface area contributed by atoms with Crippen molar-refractivity contribution in [3.05, 3.63) is 73.6 Å². The Labute approximate surface area is 166 Å². The van der Waals surface area contributed by atoms with E-state index in [0.717, 1.165) is 24.0 Å². The minimum absolute atomic E-state index is 0.0387. The molecule has 28 heavy (non-hydrogen) atoms. The van der Waals surface area contributed by atoms with Gasteiger partial charge in [0.2, 0.25) is 11.1 Å². The van der Waals surface area contributed by atoms with E-state index in [-0.39, 0.29) is 22.0 Å². The SMILES string of the molecule is CCCCn1c(-c2ccccc2C)nc2oc3ccc(Cl)cc3c(=O)c2c1=O. The minimum atomic E-state index is -0.405. The smallest absolute Gasteiger partial charge is 0.269 e. The first kappa shape index (κ1) is 18.4. The van der Waals surface area contributed by atoms with Crippen LogP contribution in [0.5, 0.6) is 0 Å². The molecule has 4 aromatic rings. The lowest BCUT2D eigenvalue weighted by Crippen LogP contribution is -2.27. The fourth-order valence-electron chi connectivity index (χ4n) is 3.36. The standard InChI is InChI=1S/C22H19ClN2O3/c1-3-4-11-25-20(15-8-6-5-7-13(15)2)24-21-18(22(25)27)19(26)16-12-14(23)9-10-17(16)28-21/h5-10,12H,3-4,11H2,1-2H3. The van der Waals surface area contributed by atoms with E-state index in [1.54, 1.807) is 16.7 Å². The van der Waals surface area contributed by atoms with Gasteiger partial charge in [0, 0.05) is 17.1 Å². The van der Waals surface area contributed by atoms with Crippen LogP contribution in [-0.2, 0) is 6.54 Å². The van der Waals surface area contributed by atoms with Crippen LogP contribution in [0.15, 0.2) is 56.5 Å². The van der Waals surface area contributed by atoms with Gasteiger partial charge in [0.1, 0.15) is 11.4 Å². The van der Waals surface area contributed by atoms with Crippen LogP contribution in [0.25, 0.3) is 33.5 Å². The Balaban J connectivity index is 2.14. The molecule has 0 fully saturated rings.